The molecular formula is C21H14Cl4N2O2. The second-order valence-electron chi connectivity index (χ2n) is 6.02. The minimum atomic E-state index is -1.17. The zero-order chi connectivity index (χ0) is 21.0. The van der Waals surface area contributed by atoms with Crippen LogP contribution < -0.4 is 10.6 Å². The summed E-state index contributed by atoms with van der Waals surface area (Å²) in [7, 11) is 0. The van der Waals surface area contributed by atoms with E-state index in [4.69, 9.17) is 46.4 Å². The fourth-order valence-electron chi connectivity index (χ4n) is 2.68. The Morgan fingerprint density at radius 2 is 1.07 bits per heavy atom. The Bertz CT molecular complexity index is 992. The van der Waals surface area contributed by atoms with Gasteiger partial charge in [-0.15, -0.1) is 0 Å². The predicted octanol–water partition coefficient (Wildman–Crippen LogP) is 6.66. The lowest BCUT2D eigenvalue weighted by atomic mass is 9.97. The molecule has 3 aromatic rings. The van der Waals surface area contributed by atoms with Crippen molar-refractivity contribution in [2.75, 3.05) is 10.6 Å². The third-order valence-corrected chi connectivity index (χ3v) is 5.71. The van der Waals surface area contributed by atoms with Gasteiger partial charge in [-0.3, -0.25) is 9.59 Å². The van der Waals surface area contributed by atoms with Gasteiger partial charge in [0, 0.05) is 0 Å². The van der Waals surface area contributed by atoms with Crippen LogP contribution in [0.5, 0.6) is 0 Å². The lowest BCUT2D eigenvalue weighted by molar-refractivity contribution is -0.125. The van der Waals surface area contributed by atoms with E-state index in [-0.39, 0.29) is 20.1 Å². The molecule has 3 aromatic carbocycles. The molecule has 0 heterocycles. The molecule has 0 aliphatic heterocycles. The predicted molar refractivity (Wildman–Crippen MR) is 119 cm³/mol. The Balaban J connectivity index is 1.92. The Hall–Kier alpha value is -2.24. The van der Waals surface area contributed by atoms with Gasteiger partial charge < -0.3 is 10.6 Å². The molecule has 0 aliphatic carbocycles. The summed E-state index contributed by atoms with van der Waals surface area (Å²) in [6.45, 7) is 0. The fraction of sp³-hybridized carbons (Fsp3) is 0.0476. The highest BCUT2D eigenvalue weighted by molar-refractivity contribution is 6.44. The maximum absolute atomic E-state index is 13.0. The van der Waals surface area contributed by atoms with Crippen molar-refractivity contribution in [3.63, 3.8) is 0 Å². The number of rotatable bonds is 5. The first-order chi connectivity index (χ1) is 13.9. The molecule has 2 amide bonds. The summed E-state index contributed by atoms with van der Waals surface area (Å²) >= 11 is 24.3. The van der Waals surface area contributed by atoms with Crippen LogP contribution >= 0.6 is 46.4 Å². The molecule has 0 atom stereocenters. The second-order valence-corrected chi connectivity index (χ2v) is 7.60. The number of carbonyl (C=O) groups is 2. The lowest BCUT2D eigenvalue weighted by Crippen LogP contribution is -2.32. The highest BCUT2D eigenvalue weighted by Crippen LogP contribution is 2.32. The van der Waals surface area contributed by atoms with Gasteiger partial charge in [0.25, 0.3) is 0 Å². The maximum atomic E-state index is 13.0. The molecule has 0 unspecified atom stereocenters. The average molecular weight is 468 g/mol. The summed E-state index contributed by atoms with van der Waals surface area (Å²) in [5.41, 5.74) is 1.11. The number of halogens is 4. The molecule has 0 aliphatic rings. The molecule has 4 nitrogen and oxygen atoms in total. The van der Waals surface area contributed by atoms with Crippen molar-refractivity contribution in [3.05, 3.63) is 92.4 Å². The molecule has 8 heteroatoms. The summed E-state index contributed by atoms with van der Waals surface area (Å²) < 4.78 is 0. The number of amides is 2. The van der Waals surface area contributed by atoms with Crippen molar-refractivity contribution < 1.29 is 9.59 Å². The van der Waals surface area contributed by atoms with E-state index < -0.39 is 17.7 Å². The monoisotopic (exact) mass is 466 g/mol. The summed E-state index contributed by atoms with van der Waals surface area (Å²) in [6, 6.07) is 18.3. The standard InChI is InChI=1S/C21H14Cl4N2O2/c22-13-8-4-10-15(18(13)24)26-20(28)17(12-6-2-1-3-7-12)21(29)27-16-11-5-9-14(23)19(16)25/h1-11,17H,(H,26,28)(H,27,29). The molecule has 0 fully saturated rings. The normalized spacial score (nSPS) is 10.7. The highest BCUT2D eigenvalue weighted by atomic mass is 35.5. The summed E-state index contributed by atoms with van der Waals surface area (Å²) in [5.74, 6) is -2.31. The number of hydrogen-bond donors (Lipinski definition) is 2. The molecular weight excluding hydrogens is 454 g/mol. The zero-order valence-electron chi connectivity index (χ0n) is 14.8. The summed E-state index contributed by atoms with van der Waals surface area (Å²) in [5, 5.41) is 6.29. The van der Waals surface area contributed by atoms with Crippen LogP contribution in [0.15, 0.2) is 66.7 Å². The number of benzene rings is 3. The maximum Gasteiger partial charge on any atom is 0.241 e. The van der Waals surface area contributed by atoms with Crippen molar-refractivity contribution in [2.24, 2.45) is 0 Å². The van der Waals surface area contributed by atoms with Crippen molar-refractivity contribution in [1.29, 1.82) is 0 Å². The Morgan fingerprint density at radius 3 is 1.52 bits per heavy atom. The molecule has 0 radical (unpaired) electrons. The van der Waals surface area contributed by atoms with Gasteiger partial charge in [0.05, 0.1) is 31.5 Å². The van der Waals surface area contributed by atoms with Gasteiger partial charge in [-0.05, 0) is 29.8 Å². The van der Waals surface area contributed by atoms with E-state index in [1.807, 2.05) is 0 Å². The van der Waals surface area contributed by atoms with E-state index in [1.54, 1.807) is 66.7 Å². The first-order valence-corrected chi connectivity index (χ1v) is 9.94. The summed E-state index contributed by atoms with van der Waals surface area (Å²) in [6.07, 6.45) is 0. The molecule has 2 N–H and O–H groups in total. The minimum Gasteiger partial charge on any atom is -0.324 e. The first kappa shape index (κ1) is 21.5. The Labute approximate surface area is 187 Å². The van der Waals surface area contributed by atoms with Crippen molar-refractivity contribution in [3.8, 4) is 0 Å². The molecule has 0 saturated carbocycles. The van der Waals surface area contributed by atoms with Crippen LogP contribution in [0, 0.1) is 0 Å². The van der Waals surface area contributed by atoms with Crippen LogP contribution in [0.2, 0.25) is 20.1 Å². The smallest absolute Gasteiger partial charge is 0.241 e. The molecule has 3 rings (SSSR count). The molecule has 29 heavy (non-hydrogen) atoms. The van der Waals surface area contributed by atoms with E-state index >= 15 is 0 Å². The van der Waals surface area contributed by atoms with Gasteiger partial charge in [0.15, 0.2) is 0 Å². The first-order valence-electron chi connectivity index (χ1n) is 8.43. The quantitative estimate of drug-likeness (QED) is 0.412. The van der Waals surface area contributed by atoms with E-state index in [1.165, 1.54) is 0 Å². The van der Waals surface area contributed by atoms with Gasteiger partial charge in [-0.2, -0.15) is 0 Å². The lowest BCUT2D eigenvalue weighted by Gasteiger charge is -2.18. The van der Waals surface area contributed by atoms with Crippen LogP contribution in [-0.4, -0.2) is 11.8 Å². The number of anilines is 2. The SMILES string of the molecule is O=C(Nc1cccc(Cl)c1Cl)C(C(=O)Nc1cccc(Cl)c1Cl)c1ccccc1. The average Bonchev–Trinajstić information content (AvgIpc) is 2.70. The summed E-state index contributed by atoms with van der Waals surface area (Å²) in [4.78, 5) is 26.1. The van der Waals surface area contributed by atoms with Crippen molar-refractivity contribution in [1.82, 2.24) is 0 Å². The molecule has 0 saturated heterocycles. The molecule has 148 valence electrons. The number of carbonyl (C=O) groups excluding carboxylic acids is 2. The van der Waals surface area contributed by atoms with Crippen LogP contribution in [0.25, 0.3) is 0 Å². The van der Waals surface area contributed by atoms with Crippen LogP contribution in [0.4, 0.5) is 11.4 Å². The van der Waals surface area contributed by atoms with E-state index in [2.05, 4.69) is 10.6 Å². The van der Waals surface area contributed by atoms with Gasteiger partial charge in [-0.25, -0.2) is 0 Å². The number of nitrogens with one attached hydrogen (secondary N) is 2. The largest absolute Gasteiger partial charge is 0.324 e. The van der Waals surface area contributed by atoms with Gasteiger partial charge in [0.2, 0.25) is 11.8 Å². The topological polar surface area (TPSA) is 58.2 Å². The third-order valence-electron chi connectivity index (χ3n) is 4.08. The van der Waals surface area contributed by atoms with Crippen molar-refractivity contribution >= 4 is 69.6 Å². The number of hydrogen-bond acceptors (Lipinski definition) is 2. The van der Waals surface area contributed by atoms with Crippen LogP contribution in [-0.2, 0) is 9.59 Å². The van der Waals surface area contributed by atoms with Gasteiger partial charge >= 0.3 is 0 Å². The second kappa shape index (κ2) is 9.51. The van der Waals surface area contributed by atoms with Crippen molar-refractivity contribution in [2.45, 2.75) is 5.92 Å². The van der Waals surface area contributed by atoms with E-state index in [0.29, 0.717) is 16.9 Å². The zero-order valence-corrected chi connectivity index (χ0v) is 17.8. The van der Waals surface area contributed by atoms with Crippen LogP contribution in [0.1, 0.15) is 11.5 Å². The van der Waals surface area contributed by atoms with Gasteiger partial charge in [-0.1, -0.05) is 88.9 Å². The van der Waals surface area contributed by atoms with E-state index in [0.717, 1.165) is 0 Å². The minimum absolute atomic E-state index is 0.188. The fourth-order valence-corrected chi connectivity index (χ4v) is 3.37. The molecule has 0 aromatic heterocycles. The Morgan fingerprint density at radius 1 is 0.621 bits per heavy atom. The molecule has 0 bridgehead atoms. The Kier molecular flexibility index (Phi) is 7.04. The van der Waals surface area contributed by atoms with Gasteiger partial charge in [0.1, 0.15) is 5.92 Å². The highest BCUT2D eigenvalue weighted by Gasteiger charge is 2.29. The third kappa shape index (κ3) is 5.03. The van der Waals surface area contributed by atoms with E-state index in [9.17, 15) is 9.59 Å². The van der Waals surface area contributed by atoms with Crippen LogP contribution in [0.3, 0.4) is 0 Å². The molecule has 0 spiro atoms.